The molecule has 80 valence electrons. The second-order valence-electron chi connectivity index (χ2n) is 2.80. The molecule has 3 nitrogen and oxygen atoms in total. The lowest BCUT2D eigenvalue weighted by Gasteiger charge is -2.08. The molecule has 15 heavy (non-hydrogen) atoms. The van der Waals surface area contributed by atoms with Gasteiger partial charge in [0.05, 0.1) is 28.9 Å². The highest BCUT2D eigenvalue weighted by molar-refractivity contribution is 6.32. The lowest BCUT2D eigenvalue weighted by molar-refractivity contribution is 0.151. The second-order valence-corrected chi connectivity index (χ2v) is 3.18. The van der Waals surface area contributed by atoms with Gasteiger partial charge in [-0.05, 0) is 6.07 Å². The van der Waals surface area contributed by atoms with Crippen LogP contribution in [0.15, 0.2) is 6.07 Å². The van der Waals surface area contributed by atoms with Crippen molar-refractivity contribution in [3.8, 4) is 6.07 Å². The Morgan fingerprint density at radius 2 is 2.27 bits per heavy atom. The van der Waals surface area contributed by atoms with Crippen molar-refractivity contribution < 1.29 is 8.78 Å². The van der Waals surface area contributed by atoms with E-state index in [1.807, 2.05) is 6.07 Å². The fourth-order valence-electron chi connectivity index (χ4n) is 1.13. The van der Waals surface area contributed by atoms with E-state index >= 15 is 0 Å². The molecule has 0 aliphatic carbocycles. The Kier molecular flexibility index (Phi) is 3.95. The number of alkyl halides is 2. The van der Waals surface area contributed by atoms with Crippen LogP contribution in [0.1, 0.15) is 23.4 Å². The normalized spacial score (nSPS) is 10.4. The van der Waals surface area contributed by atoms with Crippen LogP contribution in [0.5, 0.6) is 0 Å². The van der Waals surface area contributed by atoms with E-state index in [4.69, 9.17) is 22.6 Å². The lowest BCUT2D eigenvalue weighted by atomic mass is 10.1. The third-order valence-electron chi connectivity index (χ3n) is 1.80. The molecule has 1 rings (SSSR count). The Bertz CT molecular complexity index is 401. The summed E-state index contributed by atoms with van der Waals surface area (Å²) in [5.41, 5.74) is 5.44. The minimum absolute atomic E-state index is 0.0299. The van der Waals surface area contributed by atoms with Crippen LogP contribution in [0.4, 0.5) is 8.78 Å². The van der Waals surface area contributed by atoms with E-state index < -0.39 is 6.43 Å². The predicted octanol–water partition coefficient (Wildman–Crippen LogP) is 2.20. The van der Waals surface area contributed by atoms with Gasteiger partial charge < -0.3 is 5.73 Å². The van der Waals surface area contributed by atoms with Gasteiger partial charge in [-0.15, -0.1) is 0 Å². The third kappa shape index (κ3) is 2.61. The van der Waals surface area contributed by atoms with Crippen molar-refractivity contribution in [3.05, 3.63) is 28.0 Å². The van der Waals surface area contributed by atoms with E-state index in [-0.39, 0.29) is 34.9 Å². The van der Waals surface area contributed by atoms with Gasteiger partial charge >= 0.3 is 0 Å². The first-order valence-corrected chi connectivity index (χ1v) is 4.51. The number of hydrogen-bond donors (Lipinski definition) is 1. The smallest absolute Gasteiger partial charge is 0.265 e. The zero-order chi connectivity index (χ0) is 11.4. The number of nitrogens with zero attached hydrogens (tertiary/aromatic N) is 2. The molecule has 0 aliphatic heterocycles. The third-order valence-corrected chi connectivity index (χ3v) is 2.23. The van der Waals surface area contributed by atoms with Crippen LogP contribution in [0.2, 0.25) is 5.02 Å². The number of rotatable bonds is 3. The maximum absolute atomic E-state index is 12.5. The average Bonchev–Trinajstić information content (AvgIpc) is 2.20. The molecule has 0 aliphatic rings. The van der Waals surface area contributed by atoms with E-state index in [9.17, 15) is 8.78 Å². The molecule has 1 aromatic rings. The lowest BCUT2D eigenvalue weighted by Crippen LogP contribution is -2.06. The highest BCUT2D eigenvalue weighted by Gasteiger charge is 2.17. The van der Waals surface area contributed by atoms with Crippen molar-refractivity contribution in [1.82, 2.24) is 4.98 Å². The number of pyridine rings is 1. The summed E-state index contributed by atoms with van der Waals surface area (Å²) in [6, 6.07) is 2.96. The predicted molar refractivity (Wildman–Crippen MR) is 51.4 cm³/mol. The minimum atomic E-state index is -2.69. The molecule has 0 fully saturated rings. The summed E-state index contributed by atoms with van der Waals surface area (Å²) >= 11 is 5.67. The Labute approximate surface area is 90.5 Å². The molecule has 2 N–H and O–H groups in total. The highest BCUT2D eigenvalue weighted by Crippen LogP contribution is 2.29. The molecule has 0 spiro atoms. The van der Waals surface area contributed by atoms with E-state index in [2.05, 4.69) is 4.98 Å². The molecule has 1 heterocycles. The van der Waals surface area contributed by atoms with Gasteiger partial charge in [-0.3, -0.25) is 4.98 Å². The van der Waals surface area contributed by atoms with Gasteiger partial charge in [-0.1, -0.05) is 11.6 Å². The summed E-state index contributed by atoms with van der Waals surface area (Å²) in [7, 11) is 0. The summed E-state index contributed by atoms with van der Waals surface area (Å²) in [6.45, 7) is -0.0299. The van der Waals surface area contributed by atoms with Crippen molar-refractivity contribution in [2.75, 3.05) is 0 Å². The van der Waals surface area contributed by atoms with Gasteiger partial charge in [0.15, 0.2) is 0 Å². The zero-order valence-corrected chi connectivity index (χ0v) is 8.43. The van der Waals surface area contributed by atoms with Gasteiger partial charge in [-0.2, -0.15) is 5.26 Å². The Morgan fingerprint density at radius 3 is 2.73 bits per heavy atom. The van der Waals surface area contributed by atoms with Crippen LogP contribution < -0.4 is 5.73 Å². The minimum Gasteiger partial charge on any atom is -0.325 e. The van der Waals surface area contributed by atoms with Crippen molar-refractivity contribution in [2.45, 2.75) is 19.4 Å². The Hall–Kier alpha value is -1.25. The molecule has 0 unspecified atom stereocenters. The molecule has 0 saturated heterocycles. The molecule has 6 heteroatoms. The van der Waals surface area contributed by atoms with Crippen molar-refractivity contribution in [1.29, 1.82) is 5.26 Å². The maximum atomic E-state index is 12.5. The fourth-order valence-corrected chi connectivity index (χ4v) is 1.39. The van der Waals surface area contributed by atoms with Gasteiger partial charge in [0.1, 0.15) is 0 Å². The molecular weight excluding hydrogens is 224 g/mol. The molecule has 0 amide bonds. The van der Waals surface area contributed by atoms with Gasteiger partial charge in [0.2, 0.25) is 0 Å². The first-order valence-electron chi connectivity index (χ1n) is 4.13. The molecule has 0 atom stereocenters. The Morgan fingerprint density at radius 1 is 1.60 bits per heavy atom. The van der Waals surface area contributed by atoms with Crippen LogP contribution in [0.3, 0.4) is 0 Å². The summed E-state index contributed by atoms with van der Waals surface area (Å²) < 4.78 is 25.1. The largest absolute Gasteiger partial charge is 0.325 e. The van der Waals surface area contributed by atoms with Crippen LogP contribution in [-0.4, -0.2) is 4.98 Å². The molecule has 0 saturated carbocycles. The van der Waals surface area contributed by atoms with E-state index in [1.165, 1.54) is 0 Å². The maximum Gasteiger partial charge on any atom is 0.265 e. The number of aromatic nitrogens is 1. The number of hydrogen-bond acceptors (Lipinski definition) is 3. The van der Waals surface area contributed by atoms with E-state index in [0.717, 1.165) is 6.07 Å². The SMILES string of the molecule is N#CCc1cc(C(F)F)c(Cl)c(CN)n1. The highest BCUT2D eigenvalue weighted by atomic mass is 35.5. The van der Waals surface area contributed by atoms with Crippen LogP contribution in [0, 0.1) is 11.3 Å². The summed E-state index contributed by atoms with van der Waals surface area (Å²) in [5, 5.41) is 8.32. The quantitative estimate of drug-likeness (QED) is 0.867. The number of nitriles is 1. The molecule has 0 radical (unpaired) electrons. The number of halogens is 3. The van der Waals surface area contributed by atoms with Gasteiger partial charge in [-0.25, -0.2) is 8.78 Å². The van der Waals surface area contributed by atoms with E-state index in [1.54, 1.807) is 0 Å². The summed E-state index contributed by atoms with van der Waals surface area (Å²) in [5.74, 6) is 0. The van der Waals surface area contributed by atoms with Crippen molar-refractivity contribution in [2.24, 2.45) is 5.73 Å². The molecule has 0 aromatic carbocycles. The van der Waals surface area contributed by atoms with Crippen molar-refractivity contribution in [3.63, 3.8) is 0 Å². The topological polar surface area (TPSA) is 62.7 Å². The van der Waals surface area contributed by atoms with Gasteiger partial charge in [0.25, 0.3) is 6.43 Å². The van der Waals surface area contributed by atoms with Crippen LogP contribution >= 0.6 is 11.6 Å². The molecule has 1 aromatic heterocycles. The fraction of sp³-hybridized carbons (Fsp3) is 0.333. The van der Waals surface area contributed by atoms with Crippen molar-refractivity contribution >= 4 is 11.6 Å². The van der Waals surface area contributed by atoms with Gasteiger partial charge in [0, 0.05) is 12.1 Å². The summed E-state index contributed by atoms with van der Waals surface area (Å²) in [6.07, 6.45) is -2.73. The molecular formula is C9H8ClF2N3. The standard InChI is InChI=1S/C9H8ClF2N3/c10-8-6(9(11)12)3-5(1-2-13)15-7(8)4-14/h3,9H,1,4,14H2. The first kappa shape index (κ1) is 11.8. The monoisotopic (exact) mass is 231 g/mol. The number of nitrogens with two attached hydrogens (primary N) is 1. The second kappa shape index (κ2) is 5.01. The first-order chi connectivity index (χ1) is 7.10. The average molecular weight is 232 g/mol. The van der Waals surface area contributed by atoms with E-state index in [0.29, 0.717) is 0 Å². The zero-order valence-electron chi connectivity index (χ0n) is 7.67. The summed E-state index contributed by atoms with van der Waals surface area (Å²) in [4.78, 5) is 3.91. The Balaban J connectivity index is 3.26. The molecule has 0 bridgehead atoms. The van der Waals surface area contributed by atoms with Crippen LogP contribution in [-0.2, 0) is 13.0 Å². The van der Waals surface area contributed by atoms with Crippen LogP contribution in [0.25, 0.3) is 0 Å².